The molecule has 1 amide bonds. The average molecular weight is 371 g/mol. The fourth-order valence-corrected chi connectivity index (χ4v) is 3.92. The number of anilines is 1. The Hall–Kier alpha value is -1.60. The topological polar surface area (TPSA) is 75.7 Å². The highest BCUT2D eigenvalue weighted by molar-refractivity contribution is 7.89. The van der Waals surface area contributed by atoms with Gasteiger partial charge in [-0.1, -0.05) is 34.6 Å². The van der Waals surface area contributed by atoms with Crippen LogP contribution >= 0.6 is 0 Å². The van der Waals surface area contributed by atoms with Gasteiger partial charge in [-0.15, -0.1) is 0 Å². The van der Waals surface area contributed by atoms with Gasteiger partial charge in [0.15, 0.2) is 0 Å². The Morgan fingerprint density at radius 3 is 2.24 bits per heavy atom. The van der Waals surface area contributed by atoms with Gasteiger partial charge in [0.1, 0.15) is 5.75 Å². The van der Waals surface area contributed by atoms with Crippen molar-refractivity contribution in [2.45, 2.75) is 52.9 Å². The van der Waals surface area contributed by atoms with Crippen LogP contribution in [0.5, 0.6) is 5.75 Å². The molecule has 0 aliphatic heterocycles. The van der Waals surface area contributed by atoms with E-state index >= 15 is 0 Å². The molecule has 0 bridgehead atoms. The molecule has 6 nitrogen and oxygen atoms in total. The van der Waals surface area contributed by atoms with E-state index in [0.717, 1.165) is 0 Å². The number of amides is 1. The molecule has 0 saturated heterocycles. The molecule has 1 aromatic carbocycles. The predicted molar refractivity (Wildman–Crippen MR) is 100 cm³/mol. The molecule has 0 radical (unpaired) electrons. The molecular weight excluding hydrogens is 340 g/mol. The molecule has 0 aliphatic rings. The standard InChI is InChI=1S/C18H30N2O4S/c1-7-20(8-2)25(22,23)14-10-11-16(24-9-3)15(12-14)19-17(21)13-18(4,5)6/h10-12H,7-9,13H2,1-6H3,(H,19,21). The number of hydrogen-bond donors (Lipinski definition) is 1. The summed E-state index contributed by atoms with van der Waals surface area (Å²) in [4.78, 5) is 12.4. The van der Waals surface area contributed by atoms with Crippen molar-refractivity contribution < 1.29 is 17.9 Å². The van der Waals surface area contributed by atoms with E-state index in [2.05, 4.69) is 5.32 Å². The van der Waals surface area contributed by atoms with Gasteiger partial charge >= 0.3 is 0 Å². The van der Waals surface area contributed by atoms with Crippen molar-refractivity contribution in [3.05, 3.63) is 18.2 Å². The zero-order valence-corrected chi connectivity index (χ0v) is 16.9. The predicted octanol–water partition coefficient (Wildman–Crippen LogP) is 3.49. The van der Waals surface area contributed by atoms with Crippen LogP contribution in [0.15, 0.2) is 23.1 Å². The van der Waals surface area contributed by atoms with Crippen molar-refractivity contribution >= 4 is 21.6 Å². The fraction of sp³-hybridized carbons (Fsp3) is 0.611. The van der Waals surface area contributed by atoms with Crippen LogP contribution in [0.3, 0.4) is 0 Å². The summed E-state index contributed by atoms with van der Waals surface area (Å²) in [6.45, 7) is 12.5. The van der Waals surface area contributed by atoms with Crippen LogP contribution < -0.4 is 10.1 Å². The van der Waals surface area contributed by atoms with E-state index in [1.165, 1.54) is 16.4 Å². The molecule has 0 spiro atoms. The van der Waals surface area contributed by atoms with Crippen LogP contribution in [0.4, 0.5) is 5.69 Å². The highest BCUT2D eigenvalue weighted by Gasteiger charge is 2.24. The maximum Gasteiger partial charge on any atom is 0.243 e. The third-order valence-electron chi connectivity index (χ3n) is 3.56. The van der Waals surface area contributed by atoms with Crippen LogP contribution in [0.25, 0.3) is 0 Å². The summed E-state index contributed by atoms with van der Waals surface area (Å²) in [5, 5.41) is 2.79. The minimum absolute atomic E-state index is 0.144. The molecule has 142 valence electrons. The number of ether oxygens (including phenoxy) is 1. The molecule has 1 rings (SSSR count). The van der Waals surface area contributed by atoms with Crippen molar-refractivity contribution in [3.8, 4) is 5.75 Å². The Kier molecular flexibility index (Phi) is 7.44. The summed E-state index contributed by atoms with van der Waals surface area (Å²) in [6, 6.07) is 4.57. The van der Waals surface area contributed by atoms with E-state index in [1.54, 1.807) is 19.9 Å². The van der Waals surface area contributed by atoms with Crippen molar-refractivity contribution in [3.63, 3.8) is 0 Å². The third kappa shape index (κ3) is 6.01. The number of sulfonamides is 1. The molecule has 1 N–H and O–H groups in total. The van der Waals surface area contributed by atoms with Gasteiger partial charge in [0.05, 0.1) is 17.2 Å². The largest absolute Gasteiger partial charge is 0.492 e. The number of hydrogen-bond acceptors (Lipinski definition) is 4. The van der Waals surface area contributed by atoms with Gasteiger partial charge in [0.25, 0.3) is 0 Å². The number of nitrogens with one attached hydrogen (secondary N) is 1. The van der Waals surface area contributed by atoms with Gasteiger partial charge in [0.2, 0.25) is 15.9 Å². The second-order valence-corrected chi connectivity index (χ2v) is 8.90. The van der Waals surface area contributed by atoms with Gasteiger partial charge in [-0.25, -0.2) is 8.42 Å². The van der Waals surface area contributed by atoms with Gasteiger partial charge in [-0.05, 0) is 30.5 Å². The van der Waals surface area contributed by atoms with Crippen LogP contribution in [0.1, 0.15) is 48.0 Å². The van der Waals surface area contributed by atoms with E-state index in [1.807, 2.05) is 27.7 Å². The zero-order valence-electron chi connectivity index (χ0n) is 16.0. The molecule has 7 heteroatoms. The lowest BCUT2D eigenvalue weighted by Crippen LogP contribution is -2.30. The maximum absolute atomic E-state index is 12.7. The Labute approximate surface area is 151 Å². The Morgan fingerprint density at radius 2 is 1.76 bits per heavy atom. The van der Waals surface area contributed by atoms with E-state index in [-0.39, 0.29) is 16.2 Å². The first-order valence-electron chi connectivity index (χ1n) is 8.62. The quantitative estimate of drug-likeness (QED) is 0.760. The first kappa shape index (κ1) is 21.4. The summed E-state index contributed by atoms with van der Waals surface area (Å²) in [5.41, 5.74) is 0.213. The number of rotatable bonds is 8. The van der Waals surface area contributed by atoms with Crippen LogP contribution in [0.2, 0.25) is 0 Å². The molecule has 0 unspecified atom stereocenters. The summed E-state index contributed by atoms with van der Waals surface area (Å²) >= 11 is 0. The van der Waals surface area contributed by atoms with Crippen molar-refractivity contribution in [1.82, 2.24) is 4.31 Å². The molecule has 0 heterocycles. The summed E-state index contributed by atoms with van der Waals surface area (Å²) in [7, 11) is -3.60. The second-order valence-electron chi connectivity index (χ2n) is 6.97. The minimum Gasteiger partial charge on any atom is -0.492 e. The lowest BCUT2D eigenvalue weighted by molar-refractivity contribution is -0.117. The molecular formula is C18H30N2O4S. The number of carbonyl (C=O) groups is 1. The second kappa shape index (κ2) is 8.67. The monoisotopic (exact) mass is 370 g/mol. The average Bonchev–Trinajstić information content (AvgIpc) is 2.48. The van der Waals surface area contributed by atoms with Crippen LogP contribution in [-0.2, 0) is 14.8 Å². The Morgan fingerprint density at radius 1 is 1.16 bits per heavy atom. The van der Waals surface area contributed by atoms with Gasteiger partial charge in [-0.2, -0.15) is 4.31 Å². The number of benzene rings is 1. The lowest BCUT2D eigenvalue weighted by atomic mass is 9.92. The molecule has 0 atom stereocenters. The van der Waals surface area contributed by atoms with Gasteiger partial charge in [-0.3, -0.25) is 4.79 Å². The van der Waals surface area contributed by atoms with E-state index in [9.17, 15) is 13.2 Å². The van der Waals surface area contributed by atoms with Crippen molar-refractivity contribution in [1.29, 1.82) is 0 Å². The summed E-state index contributed by atoms with van der Waals surface area (Å²) in [6.07, 6.45) is 0.325. The minimum atomic E-state index is -3.60. The van der Waals surface area contributed by atoms with E-state index in [0.29, 0.717) is 37.6 Å². The normalized spacial score (nSPS) is 12.3. The SMILES string of the molecule is CCOc1ccc(S(=O)(=O)N(CC)CC)cc1NC(=O)CC(C)(C)C. The molecule has 1 aromatic rings. The molecule has 25 heavy (non-hydrogen) atoms. The zero-order chi connectivity index (χ0) is 19.3. The highest BCUT2D eigenvalue weighted by atomic mass is 32.2. The van der Waals surface area contributed by atoms with Gasteiger partial charge in [0, 0.05) is 19.5 Å². The fourth-order valence-electron chi connectivity index (χ4n) is 2.44. The van der Waals surface area contributed by atoms with Crippen molar-refractivity contribution in [2.75, 3.05) is 25.0 Å². The van der Waals surface area contributed by atoms with E-state index in [4.69, 9.17) is 4.74 Å². The van der Waals surface area contributed by atoms with Crippen molar-refractivity contribution in [2.24, 2.45) is 5.41 Å². The Bertz CT molecular complexity index is 690. The van der Waals surface area contributed by atoms with Crippen LogP contribution in [0, 0.1) is 5.41 Å². The molecule has 0 fully saturated rings. The molecule has 0 aliphatic carbocycles. The lowest BCUT2D eigenvalue weighted by Gasteiger charge is -2.21. The number of carbonyl (C=O) groups excluding carboxylic acids is 1. The molecule has 0 saturated carbocycles. The highest BCUT2D eigenvalue weighted by Crippen LogP contribution is 2.30. The van der Waals surface area contributed by atoms with Gasteiger partial charge < -0.3 is 10.1 Å². The summed E-state index contributed by atoms with van der Waals surface area (Å²) < 4.78 is 32.3. The third-order valence-corrected chi connectivity index (χ3v) is 5.60. The van der Waals surface area contributed by atoms with Crippen LogP contribution in [-0.4, -0.2) is 38.3 Å². The van der Waals surface area contributed by atoms with E-state index < -0.39 is 10.0 Å². The summed E-state index contributed by atoms with van der Waals surface area (Å²) in [5.74, 6) is 0.286. The first-order valence-corrected chi connectivity index (χ1v) is 10.1. The first-order chi connectivity index (χ1) is 11.5. The molecule has 0 aromatic heterocycles. The number of nitrogens with zero attached hydrogens (tertiary/aromatic N) is 1. The smallest absolute Gasteiger partial charge is 0.243 e. The maximum atomic E-state index is 12.7. The Balaban J connectivity index is 3.24.